The molecule has 0 aromatic carbocycles. The van der Waals surface area contributed by atoms with Gasteiger partial charge in [-0.15, -0.1) is 0 Å². The summed E-state index contributed by atoms with van der Waals surface area (Å²) in [6.07, 6.45) is 4.11. The first-order valence-electron chi connectivity index (χ1n) is 16.5. The molecule has 0 saturated heterocycles. The second-order valence-electron chi connectivity index (χ2n) is 12.2. The molecule has 19 heteroatoms. The van der Waals surface area contributed by atoms with Crippen molar-refractivity contribution in [3.05, 3.63) is 0 Å². The highest BCUT2D eigenvalue weighted by atomic mass is 16.4. The lowest BCUT2D eigenvalue weighted by Gasteiger charge is -2.29. The number of carbonyl (C=O) groups is 7. The van der Waals surface area contributed by atoms with Gasteiger partial charge in [0, 0.05) is 13.0 Å². The van der Waals surface area contributed by atoms with E-state index in [2.05, 4.69) is 26.3 Å². The normalized spacial score (nSPS) is 16.1. The minimum Gasteiger partial charge on any atom is -0.481 e. The number of nitrogens with two attached hydrogens (primary N) is 4. The van der Waals surface area contributed by atoms with E-state index in [1.54, 1.807) is 0 Å². The Bertz CT molecular complexity index is 1160. The summed E-state index contributed by atoms with van der Waals surface area (Å²) >= 11 is 0. The highest BCUT2D eigenvalue weighted by Gasteiger charge is 2.33. The van der Waals surface area contributed by atoms with Gasteiger partial charge in [0.1, 0.15) is 24.2 Å². The average molecular weight is 700 g/mol. The molecule has 0 spiro atoms. The topological polar surface area (TPSA) is 345 Å². The number of nitrogens with zero attached hydrogens (tertiary/aromatic N) is 1. The molecule has 5 atom stereocenters. The molecular weight excluding hydrogens is 646 g/mol. The highest BCUT2D eigenvalue weighted by molar-refractivity contribution is 5.96. The second-order valence-corrected chi connectivity index (χ2v) is 12.2. The zero-order valence-corrected chi connectivity index (χ0v) is 27.7. The fraction of sp³-hybridized carbons (Fsp3) is 0.733. The van der Waals surface area contributed by atoms with Crippen LogP contribution in [0.2, 0.25) is 0 Å². The van der Waals surface area contributed by atoms with Gasteiger partial charge in [0.15, 0.2) is 5.96 Å². The summed E-state index contributed by atoms with van der Waals surface area (Å²) in [4.78, 5) is 91.3. The van der Waals surface area contributed by atoms with Crippen molar-refractivity contribution in [3.8, 4) is 0 Å². The van der Waals surface area contributed by atoms with E-state index in [1.165, 1.54) is 0 Å². The molecule has 19 nitrogen and oxygen atoms in total. The molecule has 0 unspecified atom stereocenters. The number of carbonyl (C=O) groups excluding carboxylic acids is 4. The van der Waals surface area contributed by atoms with E-state index in [0.29, 0.717) is 12.8 Å². The fourth-order valence-corrected chi connectivity index (χ4v) is 5.42. The van der Waals surface area contributed by atoms with Gasteiger partial charge in [-0.05, 0) is 57.4 Å². The number of nitrogens with one attached hydrogen (secondary N) is 4. The predicted molar refractivity (Wildman–Crippen MR) is 176 cm³/mol. The van der Waals surface area contributed by atoms with E-state index in [-0.39, 0.29) is 57.1 Å². The minimum absolute atomic E-state index is 0.00731. The van der Waals surface area contributed by atoms with Crippen LogP contribution in [0, 0.1) is 5.92 Å². The van der Waals surface area contributed by atoms with Crippen LogP contribution in [0.3, 0.4) is 0 Å². The van der Waals surface area contributed by atoms with E-state index >= 15 is 0 Å². The largest absolute Gasteiger partial charge is 0.481 e. The van der Waals surface area contributed by atoms with E-state index in [0.717, 1.165) is 32.1 Å². The molecule has 15 N–H and O–H groups in total. The third kappa shape index (κ3) is 18.0. The van der Waals surface area contributed by atoms with Crippen LogP contribution in [0.4, 0.5) is 0 Å². The van der Waals surface area contributed by atoms with Crippen LogP contribution in [0.1, 0.15) is 89.9 Å². The molecule has 4 amide bonds. The third-order valence-electron chi connectivity index (χ3n) is 8.08. The second kappa shape index (κ2) is 22.9. The first-order valence-corrected chi connectivity index (χ1v) is 16.5. The SMILES string of the molecule is NCCCC[C@H](NC(=O)[C@@H](N)CC(=O)O)C(=O)N[C@@H](CCC(=O)O)C(=O)N[C@@H](CC1CCCCC1)C(=O)N[C@@H](CCCN=C(N)N)C(=O)O. The molecular formula is C30H53N9O10. The predicted octanol–water partition coefficient (Wildman–Crippen LogP) is -2.17. The number of aliphatic carboxylic acids is 3. The number of unbranched alkanes of at least 4 members (excludes halogenated alkanes) is 1. The lowest BCUT2D eigenvalue weighted by atomic mass is 9.84. The van der Waals surface area contributed by atoms with Gasteiger partial charge in [0.05, 0.1) is 12.5 Å². The molecule has 1 aliphatic rings. The summed E-state index contributed by atoms with van der Waals surface area (Å²) in [5.74, 6) is -7.46. The Morgan fingerprint density at radius 1 is 0.673 bits per heavy atom. The molecule has 0 radical (unpaired) electrons. The van der Waals surface area contributed by atoms with Gasteiger partial charge in [0.25, 0.3) is 0 Å². The van der Waals surface area contributed by atoms with Crippen LogP contribution in [-0.2, 0) is 33.6 Å². The fourth-order valence-electron chi connectivity index (χ4n) is 5.42. The molecule has 0 aromatic heterocycles. The number of amides is 4. The van der Waals surface area contributed by atoms with E-state index in [4.69, 9.17) is 28.0 Å². The molecule has 0 aliphatic heterocycles. The first-order chi connectivity index (χ1) is 23.1. The van der Waals surface area contributed by atoms with Crippen LogP contribution >= 0.6 is 0 Å². The smallest absolute Gasteiger partial charge is 0.326 e. The van der Waals surface area contributed by atoms with E-state index in [1.807, 2.05) is 0 Å². The maximum atomic E-state index is 13.6. The summed E-state index contributed by atoms with van der Waals surface area (Å²) in [6, 6.07) is -6.74. The molecule has 0 aromatic rings. The molecule has 0 bridgehead atoms. The lowest BCUT2D eigenvalue weighted by Crippen LogP contribution is -2.58. The van der Waals surface area contributed by atoms with E-state index in [9.17, 15) is 43.8 Å². The van der Waals surface area contributed by atoms with Gasteiger partial charge in [-0.2, -0.15) is 0 Å². The Balaban J connectivity index is 3.23. The van der Waals surface area contributed by atoms with Crippen LogP contribution in [0.15, 0.2) is 4.99 Å². The number of guanidine groups is 1. The van der Waals surface area contributed by atoms with Crippen molar-refractivity contribution < 1.29 is 48.9 Å². The van der Waals surface area contributed by atoms with Gasteiger partial charge in [-0.25, -0.2) is 4.79 Å². The number of carboxylic acid groups (broad SMARTS) is 3. The summed E-state index contributed by atoms with van der Waals surface area (Å²) in [5.41, 5.74) is 21.8. The van der Waals surface area contributed by atoms with Crippen LogP contribution in [-0.4, -0.2) is 106 Å². The van der Waals surface area contributed by atoms with Gasteiger partial charge in [-0.3, -0.25) is 33.8 Å². The van der Waals surface area contributed by atoms with Crippen molar-refractivity contribution in [2.45, 2.75) is 120 Å². The van der Waals surface area contributed by atoms with Crippen LogP contribution in [0.25, 0.3) is 0 Å². The number of aliphatic imine (C=N–C) groups is 1. The summed E-state index contributed by atoms with van der Waals surface area (Å²) in [5, 5.41) is 37.9. The van der Waals surface area contributed by atoms with Gasteiger partial charge in [0.2, 0.25) is 23.6 Å². The lowest BCUT2D eigenvalue weighted by molar-refractivity contribution is -0.142. The number of hydrogen-bond donors (Lipinski definition) is 11. The van der Waals surface area contributed by atoms with Crippen molar-refractivity contribution in [1.29, 1.82) is 0 Å². The number of carboxylic acids is 3. The minimum atomic E-state index is -1.47. The van der Waals surface area contributed by atoms with Crippen molar-refractivity contribution in [3.63, 3.8) is 0 Å². The maximum Gasteiger partial charge on any atom is 0.326 e. The van der Waals surface area contributed by atoms with Crippen molar-refractivity contribution in [2.75, 3.05) is 13.1 Å². The van der Waals surface area contributed by atoms with Gasteiger partial charge < -0.3 is 59.5 Å². The summed E-state index contributed by atoms with van der Waals surface area (Å²) in [6.45, 7) is 0.419. The molecule has 1 fully saturated rings. The number of rotatable bonds is 24. The monoisotopic (exact) mass is 699 g/mol. The van der Waals surface area contributed by atoms with Crippen LogP contribution in [0.5, 0.6) is 0 Å². The van der Waals surface area contributed by atoms with Crippen LogP contribution < -0.4 is 44.2 Å². The Morgan fingerprint density at radius 3 is 1.76 bits per heavy atom. The summed E-state index contributed by atoms with van der Waals surface area (Å²) < 4.78 is 0. The van der Waals surface area contributed by atoms with Crippen molar-refractivity contribution in [1.82, 2.24) is 21.3 Å². The average Bonchev–Trinajstić information content (AvgIpc) is 3.03. The molecule has 1 rings (SSSR count). The molecule has 278 valence electrons. The molecule has 0 heterocycles. The maximum absolute atomic E-state index is 13.6. The quantitative estimate of drug-likeness (QED) is 0.0290. The van der Waals surface area contributed by atoms with Crippen molar-refractivity contribution in [2.24, 2.45) is 33.8 Å². The third-order valence-corrected chi connectivity index (χ3v) is 8.08. The number of hydrogen-bond acceptors (Lipinski definition) is 10. The standard InChI is InChI=1S/C30H53N9O10/c31-13-5-4-9-19(36-25(44)18(32)16-24(42)43)26(45)37-20(11-12-23(40)41)27(46)39-22(15-17-7-2-1-3-8-17)28(47)38-21(29(48)49)10-6-14-35-30(33)34/h17-22H,1-16,31-32H2,(H,36,44)(H,37,45)(H,38,47)(H,39,46)(H,40,41)(H,42,43)(H,48,49)(H4,33,34,35)/t18-,19-,20-,21-,22-/m0/s1. The molecule has 49 heavy (non-hydrogen) atoms. The summed E-state index contributed by atoms with van der Waals surface area (Å²) in [7, 11) is 0. The van der Waals surface area contributed by atoms with Gasteiger partial charge in [-0.1, -0.05) is 32.1 Å². The zero-order valence-electron chi connectivity index (χ0n) is 27.7. The first kappa shape index (κ1) is 42.5. The van der Waals surface area contributed by atoms with Crippen molar-refractivity contribution >= 4 is 47.5 Å². The Kier molecular flexibility index (Phi) is 19.9. The van der Waals surface area contributed by atoms with E-state index < -0.39 is 84.6 Å². The molecule has 1 saturated carbocycles. The highest BCUT2D eigenvalue weighted by Crippen LogP contribution is 2.27. The Hall–Kier alpha value is -4.52. The molecule has 1 aliphatic carbocycles. The zero-order chi connectivity index (χ0) is 36.9. The van der Waals surface area contributed by atoms with Gasteiger partial charge >= 0.3 is 17.9 Å². The Labute approximate surface area is 284 Å². The Morgan fingerprint density at radius 2 is 1.20 bits per heavy atom.